The fourth-order valence-electron chi connectivity index (χ4n) is 3.06. The molecular formula is C21H20ClN3O3S. The number of aromatic nitrogens is 2. The number of benzene rings is 2. The SMILES string of the molecule is Cc1cc(C(=O)N(C)c2nnc(Cl)cc2-c2ccccc2C)cc(S(C)(=O)=O)c1. The molecule has 1 heterocycles. The first-order valence-corrected chi connectivity index (χ1v) is 11.0. The molecule has 150 valence electrons. The fraction of sp³-hybridized carbons (Fsp3) is 0.190. The number of sulfone groups is 1. The monoisotopic (exact) mass is 429 g/mol. The highest BCUT2D eigenvalue weighted by Gasteiger charge is 2.22. The second-order valence-electron chi connectivity index (χ2n) is 6.89. The Balaban J connectivity index is 2.11. The van der Waals surface area contributed by atoms with Crippen LogP contribution in [0.25, 0.3) is 11.1 Å². The number of rotatable bonds is 4. The lowest BCUT2D eigenvalue weighted by Crippen LogP contribution is -2.28. The molecule has 0 fully saturated rings. The van der Waals surface area contributed by atoms with E-state index in [1.807, 2.05) is 31.2 Å². The molecule has 0 radical (unpaired) electrons. The third-order valence-corrected chi connectivity index (χ3v) is 5.80. The number of aryl methyl sites for hydroxylation is 2. The van der Waals surface area contributed by atoms with E-state index in [1.165, 1.54) is 17.0 Å². The predicted molar refractivity (Wildman–Crippen MR) is 114 cm³/mol. The molecule has 0 aliphatic carbocycles. The van der Waals surface area contributed by atoms with Crippen LogP contribution >= 0.6 is 11.6 Å². The average molecular weight is 430 g/mol. The van der Waals surface area contributed by atoms with Crippen molar-refractivity contribution in [2.75, 3.05) is 18.2 Å². The first-order valence-electron chi connectivity index (χ1n) is 8.77. The molecule has 8 heteroatoms. The van der Waals surface area contributed by atoms with E-state index in [0.29, 0.717) is 16.9 Å². The van der Waals surface area contributed by atoms with Gasteiger partial charge in [0.25, 0.3) is 5.91 Å². The summed E-state index contributed by atoms with van der Waals surface area (Å²) in [6.45, 7) is 3.69. The molecule has 0 unspecified atom stereocenters. The van der Waals surface area contributed by atoms with Gasteiger partial charge in [-0.2, -0.15) is 0 Å². The Hall–Kier alpha value is -2.77. The van der Waals surface area contributed by atoms with Gasteiger partial charge in [-0.25, -0.2) is 8.42 Å². The minimum atomic E-state index is -3.45. The van der Waals surface area contributed by atoms with E-state index in [0.717, 1.165) is 17.4 Å². The molecule has 0 aliphatic rings. The van der Waals surface area contributed by atoms with E-state index in [9.17, 15) is 13.2 Å². The van der Waals surface area contributed by atoms with Crippen LogP contribution in [0.3, 0.4) is 0 Å². The maximum absolute atomic E-state index is 13.2. The van der Waals surface area contributed by atoms with Crippen LogP contribution in [-0.2, 0) is 9.84 Å². The van der Waals surface area contributed by atoms with E-state index in [2.05, 4.69) is 10.2 Å². The van der Waals surface area contributed by atoms with Crippen molar-refractivity contribution in [1.29, 1.82) is 0 Å². The zero-order valence-electron chi connectivity index (χ0n) is 16.5. The number of carbonyl (C=O) groups is 1. The third-order valence-electron chi connectivity index (χ3n) is 4.53. The molecule has 0 saturated carbocycles. The molecule has 1 amide bonds. The number of hydrogen-bond acceptors (Lipinski definition) is 5. The highest BCUT2D eigenvalue weighted by atomic mass is 35.5. The molecule has 0 bridgehead atoms. The second-order valence-corrected chi connectivity index (χ2v) is 9.29. The van der Waals surface area contributed by atoms with E-state index in [1.54, 1.807) is 26.1 Å². The summed E-state index contributed by atoms with van der Waals surface area (Å²) in [5, 5.41) is 8.24. The summed E-state index contributed by atoms with van der Waals surface area (Å²) in [4.78, 5) is 14.6. The molecule has 3 rings (SSSR count). The highest BCUT2D eigenvalue weighted by Crippen LogP contribution is 2.32. The zero-order chi connectivity index (χ0) is 21.3. The Kier molecular flexibility index (Phi) is 5.73. The molecule has 0 atom stereocenters. The predicted octanol–water partition coefficient (Wildman–Crippen LogP) is 4.09. The van der Waals surface area contributed by atoms with E-state index < -0.39 is 15.7 Å². The Morgan fingerprint density at radius 2 is 1.69 bits per heavy atom. The van der Waals surface area contributed by atoms with Crippen molar-refractivity contribution >= 4 is 33.2 Å². The van der Waals surface area contributed by atoms with Gasteiger partial charge < -0.3 is 0 Å². The summed E-state index contributed by atoms with van der Waals surface area (Å²) in [5.41, 5.74) is 3.45. The number of carbonyl (C=O) groups excluding carboxylic acids is 1. The minimum absolute atomic E-state index is 0.0931. The van der Waals surface area contributed by atoms with Gasteiger partial charge in [-0.05, 0) is 54.8 Å². The Morgan fingerprint density at radius 1 is 1.00 bits per heavy atom. The second kappa shape index (κ2) is 7.93. The maximum atomic E-state index is 13.2. The first-order chi connectivity index (χ1) is 13.6. The van der Waals surface area contributed by atoms with Crippen LogP contribution < -0.4 is 4.90 Å². The average Bonchev–Trinajstić information content (AvgIpc) is 2.66. The molecule has 1 aromatic heterocycles. The van der Waals surface area contributed by atoms with Gasteiger partial charge in [0.15, 0.2) is 20.8 Å². The standard InChI is InChI=1S/C21H20ClN3O3S/c1-13-9-15(11-16(10-13)29(4,27)28)21(26)25(3)20-18(12-19(22)23-24-20)17-8-6-5-7-14(17)2/h5-12H,1-4H3. The lowest BCUT2D eigenvalue weighted by atomic mass is 10.0. The van der Waals surface area contributed by atoms with Crippen LogP contribution in [0.4, 0.5) is 5.82 Å². The number of anilines is 1. The number of hydrogen-bond donors (Lipinski definition) is 0. The molecule has 0 N–H and O–H groups in total. The quantitative estimate of drug-likeness (QED) is 0.623. The van der Waals surface area contributed by atoms with E-state index in [-0.39, 0.29) is 15.6 Å². The van der Waals surface area contributed by atoms with Crippen LogP contribution in [0.1, 0.15) is 21.5 Å². The molecule has 29 heavy (non-hydrogen) atoms. The summed E-state index contributed by atoms with van der Waals surface area (Å²) < 4.78 is 23.9. The van der Waals surface area contributed by atoms with Crippen molar-refractivity contribution in [1.82, 2.24) is 10.2 Å². The summed E-state index contributed by atoms with van der Waals surface area (Å²) in [5.74, 6) is -0.0684. The summed E-state index contributed by atoms with van der Waals surface area (Å²) in [6.07, 6.45) is 1.11. The van der Waals surface area contributed by atoms with E-state index in [4.69, 9.17) is 11.6 Å². The molecule has 0 aliphatic heterocycles. The van der Waals surface area contributed by atoms with Gasteiger partial charge >= 0.3 is 0 Å². The van der Waals surface area contributed by atoms with Gasteiger partial charge in [-0.1, -0.05) is 35.9 Å². The first kappa shape index (κ1) is 21.0. The van der Waals surface area contributed by atoms with Gasteiger partial charge in [0.05, 0.1) is 4.90 Å². The highest BCUT2D eigenvalue weighted by molar-refractivity contribution is 7.90. The van der Waals surface area contributed by atoms with Crippen molar-refractivity contribution in [2.24, 2.45) is 0 Å². The molecule has 3 aromatic rings. The number of halogens is 1. The summed E-state index contributed by atoms with van der Waals surface area (Å²) in [7, 11) is -1.88. The lowest BCUT2D eigenvalue weighted by Gasteiger charge is -2.20. The number of nitrogens with zero attached hydrogens (tertiary/aromatic N) is 3. The Labute approximate surface area is 175 Å². The molecule has 0 saturated heterocycles. The summed E-state index contributed by atoms with van der Waals surface area (Å²) in [6, 6.07) is 13.9. The van der Waals surface area contributed by atoms with Gasteiger partial charge in [0.1, 0.15) is 0 Å². The van der Waals surface area contributed by atoms with E-state index >= 15 is 0 Å². The van der Waals surface area contributed by atoms with Gasteiger partial charge in [0, 0.05) is 24.4 Å². The zero-order valence-corrected chi connectivity index (χ0v) is 18.0. The molecule has 2 aromatic carbocycles. The topological polar surface area (TPSA) is 80.2 Å². The van der Waals surface area contributed by atoms with Crippen molar-refractivity contribution in [3.63, 3.8) is 0 Å². The third kappa shape index (κ3) is 4.46. The largest absolute Gasteiger partial charge is 0.294 e. The van der Waals surface area contributed by atoms with Crippen molar-refractivity contribution in [2.45, 2.75) is 18.7 Å². The van der Waals surface area contributed by atoms with Crippen LogP contribution in [0.2, 0.25) is 5.15 Å². The van der Waals surface area contributed by atoms with Gasteiger partial charge in [-0.3, -0.25) is 9.69 Å². The van der Waals surface area contributed by atoms with Crippen LogP contribution in [0.15, 0.2) is 53.4 Å². The summed E-state index contributed by atoms with van der Waals surface area (Å²) >= 11 is 6.07. The molecule has 6 nitrogen and oxygen atoms in total. The minimum Gasteiger partial charge on any atom is -0.294 e. The van der Waals surface area contributed by atoms with Crippen LogP contribution in [0, 0.1) is 13.8 Å². The smallest absolute Gasteiger partial charge is 0.259 e. The Morgan fingerprint density at radius 3 is 2.34 bits per heavy atom. The van der Waals surface area contributed by atoms with Gasteiger partial charge in [-0.15, -0.1) is 10.2 Å². The van der Waals surface area contributed by atoms with Crippen LogP contribution in [-0.4, -0.2) is 37.8 Å². The molecule has 0 spiro atoms. The fourth-order valence-corrected chi connectivity index (χ4v) is 3.95. The normalized spacial score (nSPS) is 11.3. The van der Waals surface area contributed by atoms with Gasteiger partial charge in [0.2, 0.25) is 0 Å². The van der Waals surface area contributed by atoms with Crippen molar-refractivity contribution in [3.05, 3.63) is 70.4 Å². The van der Waals surface area contributed by atoms with Crippen molar-refractivity contribution < 1.29 is 13.2 Å². The lowest BCUT2D eigenvalue weighted by molar-refractivity contribution is 0.0992. The number of amides is 1. The maximum Gasteiger partial charge on any atom is 0.259 e. The van der Waals surface area contributed by atoms with Crippen LogP contribution in [0.5, 0.6) is 0 Å². The van der Waals surface area contributed by atoms with Crippen molar-refractivity contribution in [3.8, 4) is 11.1 Å². The molecular weight excluding hydrogens is 410 g/mol. The Bertz CT molecular complexity index is 1210.